The molecule has 0 spiro atoms. The summed E-state index contributed by atoms with van der Waals surface area (Å²) in [5, 5.41) is 9.10. The van der Waals surface area contributed by atoms with Gasteiger partial charge in [-0.2, -0.15) is 5.26 Å². The third-order valence-corrected chi connectivity index (χ3v) is 2.30. The van der Waals surface area contributed by atoms with Crippen LogP contribution in [0.25, 0.3) is 0 Å². The number of carbonyl (C=O) groups is 3. The average molecular weight is 239 g/mol. The van der Waals surface area contributed by atoms with Crippen LogP contribution in [0.15, 0.2) is 0 Å². The molecule has 1 fully saturated rings. The highest BCUT2D eigenvalue weighted by Crippen LogP contribution is 2.14. The monoisotopic (exact) mass is 239 g/mol. The zero-order valence-electron chi connectivity index (χ0n) is 9.43. The number of amides is 2. The van der Waals surface area contributed by atoms with Crippen molar-refractivity contribution >= 4 is 17.8 Å². The molecule has 0 saturated carbocycles. The summed E-state index contributed by atoms with van der Waals surface area (Å²) in [5.41, 5.74) is 4.38. The lowest BCUT2D eigenvalue weighted by atomic mass is 10.00. The largest absolute Gasteiger partial charge is 0.333 e. The fraction of sp³-hybridized carbons (Fsp3) is 0.600. The minimum atomic E-state index is -1.13. The molecule has 1 aliphatic heterocycles. The van der Waals surface area contributed by atoms with Gasteiger partial charge in [-0.3, -0.25) is 9.59 Å². The smallest absolute Gasteiger partial charge is 0.330 e. The van der Waals surface area contributed by atoms with Crippen LogP contribution in [0.4, 0.5) is 0 Å². The fourth-order valence-electron chi connectivity index (χ4n) is 1.22. The summed E-state index contributed by atoms with van der Waals surface area (Å²) in [5.74, 6) is -1.81. The SMILES string of the molecule is CC(N)(C#N)CCC(=O)ON1C(=O)CCC1=O. The van der Waals surface area contributed by atoms with Gasteiger partial charge >= 0.3 is 5.97 Å². The second-order valence-electron chi connectivity index (χ2n) is 4.07. The van der Waals surface area contributed by atoms with Crippen LogP contribution >= 0.6 is 0 Å². The summed E-state index contributed by atoms with van der Waals surface area (Å²) in [4.78, 5) is 38.2. The number of nitriles is 1. The summed E-state index contributed by atoms with van der Waals surface area (Å²) in [6.45, 7) is 1.48. The van der Waals surface area contributed by atoms with Crippen molar-refractivity contribution in [1.29, 1.82) is 5.26 Å². The van der Waals surface area contributed by atoms with Gasteiger partial charge in [0.25, 0.3) is 11.8 Å². The van der Waals surface area contributed by atoms with Crippen LogP contribution in [-0.2, 0) is 19.2 Å². The molecule has 0 aromatic rings. The summed E-state index contributed by atoms with van der Waals surface area (Å²) in [6.07, 6.45) is 0.0774. The molecule has 92 valence electrons. The van der Waals surface area contributed by atoms with E-state index >= 15 is 0 Å². The van der Waals surface area contributed by atoms with E-state index in [2.05, 4.69) is 4.84 Å². The lowest BCUT2D eigenvalue weighted by Gasteiger charge is -2.16. The highest BCUT2D eigenvalue weighted by atomic mass is 16.7. The number of imide groups is 1. The molecular formula is C10H13N3O4. The van der Waals surface area contributed by atoms with Crippen molar-refractivity contribution in [3.05, 3.63) is 0 Å². The maximum absolute atomic E-state index is 11.3. The highest BCUT2D eigenvalue weighted by molar-refractivity contribution is 6.01. The van der Waals surface area contributed by atoms with Crippen molar-refractivity contribution in [2.75, 3.05) is 0 Å². The maximum atomic E-state index is 11.3. The van der Waals surface area contributed by atoms with Crippen LogP contribution in [0.3, 0.4) is 0 Å². The molecule has 7 nitrogen and oxygen atoms in total. The highest BCUT2D eigenvalue weighted by Gasteiger charge is 2.33. The predicted molar refractivity (Wildman–Crippen MR) is 54.6 cm³/mol. The Bertz CT molecular complexity index is 381. The molecule has 1 unspecified atom stereocenters. The van der Waals surface area contributed by atoms with Crippen molar-refractivity contribution in [2.45, 2.75) is 38.1 Å². The molecule has 0 aliphatic carbocycles. The molecule has 1 rings (SSSR count). The van der Waals surface area contributed by atoms with Crippen molar-refractivity contribution in [2.24, 2.45) is 5.73 Å². The van der Waals surface area contributed by atoms with Crippen LogP contribution in [-0.4, -0.2) is 28.4 Å². The Morgan fingerprint density at radius 2 is 2.06 bits per heavy atom. The van der Waals surface area contributed by atoms with Crippen molar-refractivity contribution < 1.29 is 19.2 Å². The first-order chi connectivity index (χ1) is 7.85. The molecular weight excluding hydrogens is 226 g/mol. The molecule has 2 amide bonds. The first-order valence-electron chi connectivity index (χ1n) is 5.12. The number of hydrogen-bond donors (Lipinski definition) is 1. The van der Waals surface area contributed by atoms with E-state index in [0.717, 1.165) is 0 Å². The molecule has 1 saturated heterocycles. The third kappa shape index (κ3) is 3.53. The van der Waals surface area contributed by atoms with Gasteiger partial charge < -0.3 is 10.6 Å². The van der Waals surface area contributed by atoms with Gasteiger partial charge in [-0.05, 0) is 13.3 Å². The Hall–Kier alpha value is -1.94. The minimum Gasteiger partial charge on any atom is -0.330 e. The van der Waals surface area contributed by atoms with Crippen LogP contribution < -0.4 is 5.73 Å². The number of hydrogen-bond acceptors (Lipinski definition) is 6. The Kier molecular flexibility index (Phi) is 3.81. The first kappa shape index (κ1) is 13.1. The zero-order chi connectivity index (χ0) is 13.1. The molecule has 0 aromatic heterocycles. The number of rotatable bonds is 4. The van der Waals surface area contributed by atoms with E-state index in [1.165, 1.54) is 6.92 Å². The van der Waals surface area contributed by atoms with Crippen LogP contribution in [0.1, 0.15) is 32.6 Å². The van der Waals surface area contributed by atoms with E-state index in [-0.39, 0.29) is 25.7 Å². The number of nitrogens with zero attached hydrogens (tertiary/aromatic N) is 2. The predicted octanol–water partition coefficient (Wildman–Crippen LogP) is -0.385. The average Bonchev–Trinajstić information content (AvgIpc) is 2.58. The van der Waals surface area contributed by atoms with Crippen molar-refractivity contribution in [3.8, 4) is 6.07 Å². The van der Waals surface area contributed by atoms with E-state index in [4.69, 9.17) is 11.0 Å². The van der Waals surface area contributed by atoms with E-state index in [9.17, 15) is 14.4 Å². The van der Waals surface area contributed by atoms with Gasteiger partial charge in [-0.15, -0.1) is 5.06 Å². The van der Waals surface area contributed by atoms with Crippen molar-refractivity contribution in [1.82, 2.24) is 5.06 Å². The molecule has 0 aromatic carbocycles. The molecule has 0 radical (unpaired) electrons. The minimum absolute atomic E-state index is 0.0545. The van der Waals surface area contributed by atoms with E-state index < -0.39 is 23.3 Å². The van der Waals surface area contributed by atoms with Gasteiger partial charge in [0.2, 0.25) is 0 Å². The Labute approximate surface area is 98.1 Å². The molecule has 7 heteroatoms. The Balaban J connectivity index is 2.43. The summed E-state index contributed by atoms with van der Waals surface area (Å²) < 4.78 is 0. The van der Waals surface area contributed by atoms with E-state index in [1.54, 1.807) is 0 Å². The zero-order valence-corrected chi connectivity index (χ0v) is 9.43. The number of hydroxylamine groups is 2. The molecule has 0 bridgehead atoms. The van der Waals surface area contributed by atoms with Crippen molar-refractivity contribution in [3.63, 3.8) is 0 Å². The fourth-order valence-corrected chi connectivity index (χ4v) is 1.22. The quantitative estimate of drug-likeness (QED) is 0.668. The van der Waals surface area contributed by atoms with Gasteiger partial charge in [0.05, 0.1) is 12.5 Å². The van der Waals surface area contributed by atoms with E-state index in [1.807, 2.05) is 6.07 Å². The second-order valence-corrected chi connectivity index (χ2v) is 4.07. The normalized spacial score (nSPS) is 18.8. The molecule has 17 heavy (non-hydrogen) atoms. The van der Waals surface area contributed by atoms with Crippen LogP contribution in [0.5, 0.6) is 0 Å². The lowest BCUT2D eigenvalue weighted by Crippen LogP contribution is -2.36. The standard InChI is InChI=1S/C10H13N3O4/c1-10(12,6-11)5-4-9(16)17-13-7(14)2-3-8(13)15/h2-5,12H2,1H3. The summed E-state index contributed by atoms with van der Waals surface area (Å²) >= 11 is 0. The third-order valence-electron chi connectivity index (χ3n) is 2.30. The number of carbonyl (C=O) groups excluding carboxylic acids is 3. The molecule has 1 aliphatic rings. The Morgan fingerprint density at radius 3 is 2.53 bits per heavy atom. The van der Waals surface area contributed by atoms with Crippen LogP contribution in [0, 0.1) is 11.3 Å². The lowest BCUT2D eigenvalue weighted by molar-refractivity contribution is -0.197. The summed E-state index contributed by atoms with van der Waals surface area (Å²) in [7, 11) is 0. The molecule has 1 heterocycles. The van der Waals surface area contributed by atoms with Gasteiger partial charge in [0, 0.05) is 12.8 Å². The van der Waals surface area contributed by atoms with Gasteiger partial charge in [-0.1, -0.05) is 0 Å². The van der Waals surface area contributed by atoms with Gasteiger partial charge in [0.1, 0.15) is 5.54 Å². The van der Waals surface area contributed by atoms with Gasteiger partial charge in [-0.25, -0.2) is 4.79 Å². The molecule has 1 atom stereocenters. The van der Waals surface area contributed by atoms with E-state index in [0.29, 0.717) is 5.06 Å². The maximum Gasteiger partial charge on any atom is 0.333 e. The summed E-state index contributed by atoms with van der Waals surface area (Å²) in [6, 6.07) is 1.83. The number of nitrogens with two attached hydrogens (primary N) is 1. The second kappa shape index (κ2) is 4.93. The molecule has 2 N–H and O–H groups in total. The van der Waals surface area contributed by atoms with Gasteiger partial charge in [0.15, 0.2) is 0 Å². The Morgan fingerprint density at radius 1 is 1.53 bits per heavy atom. The topological polar surface area (TPSA) is 113 Å². The first-order valence-corrected chi connectivity index (χ1v) is 5.12. The van der Waals surface area contributed by atoms with Crippen LogP contribution in [0.2, 0.25) is 0 Å².